The van der Waals surface area contributed by atoms with Crippen molar-refractivity contribution >= 4 is 23.3 Å². The standard InChI is InChI=1S/C26H26N2O4S/c1-18-27-21(17-33-18)16-32-22-8-4-19(5-9-22)6-11-26(29)28-12-2-3-23(28)20-7-10-24-25(15-20)31-14-13-30-24/h4-11,15,17,23H,2-3,12-14,16H2,1H3/b11-6+. The Bertz CT molecular complexity index is 1160. The number of aryl methyl sites for hydroxylation is 1. The normalized spacial score (nSPS) is 17.5. The van der Waals surface area contributed by atoms with Gasteiger partial charge in [0.05, 0.1) is 16.7 Å². The number of hydrogen-bond donors (Lipinski definition) is 0. The Morgan fingerprint density at radius 1 is 1.18 bits per heavy atom. The van der Waals surface area contributed by atoms with Crippen molar-refractivity contribution in [1.29, 1.82) is 0 Å². The van der Waals surface area contributed by atoms with Gasteiger partial charge in [-0.15, -0.1) is 11.3 Å². The number of carbonyl (C=O) groups excluding carboxylic acids is 1. The van der Waals surface area contributed by atoms with Gasteiger partial charge in [0, 0.05) is 18.0 Å². The monoisotopic (exact) mass is 462 g/mol. The van der Waals surface area contributed by atoms with E-state index in [9.17, 15) is 4.79 Å². The summed E-state index contributed by atoms with van der Waals surface area (Å²) >= 11 is 1.62. The Labute approximate surface area is 197 Å². The van der Waals surface area contributed by atoms with Gasteiger partial charge < -0.3 is 19.1 Å². The molecular weight excluding hydrogens is 436 g/mol. The van der Waals surface area contributed by atoms with E-state index in [1.54, 1.807) is 17.4 Å². The molecule has 3 heterocycles. The minimum atomic E-state index is 0.0200. The SMILES string of the molecule is Cc1nc(COc2ccc(/C=C/C(=O)N3CCCC3c3ccc4c(c3)OCCO4)cc2)cs1. The van der Waals surface area contributed by atoms with Crippen LogP contribution in [0.3, 0.4) is 0 Å². The van der Waals surface area contributed by atoms with Crippen LogP contribution in [-0.4, -0.2) is 35.5 Å². The van der Waals surface area contributed by atoms with Crippen LogP contribution >= 0.6 is 11.3 Å². The second kappa shape index (κ2) is 9.67. The maximum atomic E-state index is 13.0. The Morgan fingerprint density at radius 3 is 2.79 bits per heavy atom. The third kappa shape index (κ3) is 5.03. The highest BCUT2D eigenvalue weighted by Crippen LogP contribution is 2.38. The molecule has 5 rings (SSSR count). The number of benzene rings is 2. The first kappa shape index (κ1) is 21.5. The third-order valence-electron chi connectivity index (χ3n) is 5.84. The summed E-state index contributed by atoms with van der Waals surface area (Å²) in [6.07, 6.45) is 5.45. The van der Waals surface area contributed by atoms with E-state index in [2.05, 4.69) is 4.98 Å². The topological polar surface area (TPSA) is 60.9 Å². The molecule has 7 heteroatoms. The van der Waals surface area contributed by atoms with E-state index in [0.717, 1.165) is 58.5 Å². The Balaban J connectivity index is 1.21. The van der Waals surface area contributed by atoms with Crippen LogP contribution in [0.4, 0.5) is 0 Å². The van der Waals surface area contributed by atoms with Gasteiger partial charge in [-0.1, -0.05) is 18.2 Å². The highest BCUT2D eigenvalue weighted by Gasteiger charge is 2.29. The van der Waals surface area contributed by atoms with E-state index in [1.807, 2.05) is 65.7 Å². The first-order chi connectivity index (χ1) is 16.2. The molecule has 0 aliphatic carbocycles. The number of carbonyl (C=O) groups is 1. The van der Waals surface area contributed by atoms with Crippen LogP contribution in [0.15, 0.2) is 53.9 Å². The number of thiazole rings is 1. The fourth-order valence-electron chi connectivity index (χ4n) is 4.21. The molecule has 1 unspecified atom stereocenters. The molecule has 1 aromatic heterocycles. The molecule has 2 aliphatic heterocycles. The molecule has 1 saturated heterocycles. The van der Waals surface area contributed by atoms with Gasteiger partial charge in [-0.25, -0.2) is 4.98 Å². The maximum Gasteiger partial charge on any atom is 0.247 e. The molecule has 1 fully saturated rings. The lowest BCUT2D eigenvalue weighted by Crippen LogP contribution is -2.29. The molecule has 3 aromatic rings. The van der Waals surface area contributed by atoms with E-state index >= 15 is 0 Å². The Kier molecular flexibility index (Phi) is 6.30. The van der Waals surface area contributed by atoms with Crippen LogP contribution in [0.5, 0.6) is 17.2 Å². The predicted octanol–water partition coefficient (Wildman–Crippen LogP) is 5.18. The van der Waals surface area contributed by atoms with E-state index < -0.39 is 0 Å². The van der Waals surface area contributed by atoms with Gasteiger partial charge in [-0.3, -0.25) is 4.79 Å². The van der Waals surface area contributed by atoms with Crippen LogP contribution in [-0.2, 0) is 11.4 Å². The number of amides is 1. The zero-order valence-corrected chi connectivity index (χ0v) is 19.3. The van der Waals surface area contributed by atoms with Gasteiger partial charge in [0.2, 0.25) is 5.91 Å². The molecule has 1 amide bonds. The van der Waals surface area contributed by atoms with E-state index in [4.69, 9.17) is 14.2 Å². The molecule has 2 aliphatic rings. The quantitative estimate of drug-likeness (QED) is 0.473. The third-order valence-corrected chi connectivity index (χ3v) is 6.66. The summed E-state index contributed by atoms with van der Waals surface area (Å²) in [5.41, 5.74) is 2.98. The highest BCUT2D eigenvalue weighted by atomic mass is 32.1. The number of likely N-dealkylation sites (tertiary alicyclic amines) is 1. The summed E-state index contributed by atoms with van der Waals surface area (Å²) < 4.78 is 17.1. The summed E-state index contributed by atoms with van der Waals surface area (Å²) in [7, 11) is 0. The molecule has 170 valence electrons. The fraction of sp³-hybridized carbons (Fsp3) is 0.308. The van der Waals surface area contributed by atoms with Crippen molar-refractivity contribution in [2.75, 3.05) is 19.8 Å². The van der Waals surface area contributed by atoms with Gasteiger partial charge in [-0.2, -0.15) is 0 Å². The average Bonchev–Trinajstić information content (AvgIpc) is 3.51. The van der Waals surface area contributed by atoms with Crippen molar-refractivity contribution in [3.63, 3.8) is 0 Å². The van der Waals surface area contributed by atoms with Crippen molar-refractivity contribution in [1.82, 2.24) is 9.88 Å². The summed E-state index contributed by atoms with van der Waals surface area (Å²) in [5.74, 6) is 2.34. The molecule has 1 atom stereocenters. The van der Waals surface area contributed by atoms with E-state index in [1.165, 1.54) is 0 Å². The van der Waals surface area contributed by atoms with E-state index in [-0.39, 0.29) is 11.9 Å². The molecular formula is C26H26N2O4S. The van der Waals surface area contributed by atoms with Gasteiger partial charge in [-0.05, 0) is 61.2 Å². The van der Waals surface area contributed by atoms with Crippen molar-refractivity contribution < 1.29 is 19.0 Å². The van der Waals surface area contributed by atoms with Crippen LogP contribution in [0.1, 0.15) is 40.7 Å². The zero-order valence-electron chi connectivity index (χ0n) is 18.5. The minimum absolute atomic E-state index is 0.0200. The number of ether oxygens (including phenoxy) is 3. The van der Waals surface area contributed by atoms with Gasteiger partial charge in [0.25, 0.3) is 0 Å². The summed E-state index contributed by atoms with van der Waals surface area (Å²) in [4.78, 5) is 19.3. The number of aromatic nitrogens is 1. The van der Waals surface area contributed by atoms with E-state index in [0.29, 0.717) is 19.8 Å². The first-order valence-electron chi connectivity index (χ1n) is 11.2. The minimum Gasteiger partial charge on any atom is -0.487 e. The number of nitrogens with zero attached hydrogens (tertiary/aromatic N) is 2. The molecule has 0 spiro atoms. The molecule has 6 nitrogen and oxygen atoms in total. The van der Waals surface area contributed by atoms with Crippen molar-refractivity contribution in [2.45, 2.75) is 32.4 Å². The predicted molar refractivity (Wildman–Crippen MR) is 128 cm³/mol. The van der Waals surface area contributed by atoms with Crippen LogP contribution in [0, 0.1) is 6.92 Å². The summed E-state index contributed by atoms with van der Waals surface area (Å²) in [6, 6.07) is 13.8. The van der Waals surface area contributed by atoms with Gasteiger partial charge in [0.15, 0.2) is 11.5 Å². The lowest BCUT2D eigenvalue weighted by atomic mass is 10.0. The largest absolute Gasteiger partial charge is 0.487 e. The van der Waals surface area contributed by atoms with Crippen molar-refractivity contribution in [2.24, 2.45) is 0 Å². The Morgan fingerprint density at radius 2 is 2.00 bits per heavy atom. The lowest BCUT2D eigenvalue weighted by Gasteiger charge is -2.26. The van der Waals surface area contributed by atoms with Crippen LogP contribution in [0.2, 0.25) is 0 Å². The highest BCUT2D eigenvalue weighted by molar-refractivity contribution is 7.09. The maximum absolute atomic E-state index is 13.0. The smallest absolute Gasteiger partial charge is 0.247 e. The van der Waals surface area contributed by atoms with Gasteiger partial charge >= 0.3 is 0 Å². The zero-order chi connectivity index (χ0) is 22.6. The lowest BCUT2D eigenvalue weighted by molar-refractivity contribution is -0.126. The number of rotatable bonds is 6. The molecule has 33 heavy (non-hydrogen) atoms. The first-order valence-corrected chi connectivity index (χ1v) is 12.1. The second-order valence-corrected chi connectivity index (χ2v) is 9.20. The van der Waals surface area contributed by atoms with Crippen LogP contribution in [0.25, 0.3) is 6.08 Å². The second-order valence-electron chi connectivity index (χ2n) is 8.14. The molecule has 0 radical (unpaired) electrons. The fourth-order valence-corrected chi connectivity index (χ4v) is 4.81. The summed E-state index contributed by atoms with van der Waals surface area (Å²) in [6.45, 7) is 4.32. The van der Waals surface area contributed by atoms with Crippen molar-refractivity contribution in [3.8, 4) is 17.2 Å². The number of fused-ring (bicyclic) bond motifs is 1. The molecule has 2 aromatic carbocycles. The Hall–Kier alpha value is -3.32. The molecule has 0 N–H and O–H groups in total. The molecule has 0 saturated carbocycles. The van der Waals surface area contributed by atoms with Crippen molar-refractivity contribution in [3.05, 3.63) is 75.7 Å². The number of hydrogen-bond acceptors (Lipinski definition) is 6. The average molecular weight is 463 g/mol. The molecule has 0 bridgehead atoms. The summed E-state index contributed by atoms with van der Waals surface area (Å²) in [5, 5.41) is 3.04. The van der Waals surface area contributed by atoms with Gasteiger partial charge in [0.1, 0.15) is 25.6 Å². The van der Waals surface area contributed by atoms with Crippen LogP contribution < -0.4 is 14.2 Å².